The van der Waals surface area contributed by atoms with Crippen molar-refractivity contribution in [3.8, 4) is 0 Å². The molecule has 5 saturated heterocycles. The summed E-state index contributed by atoms with van der Waals surface area (Å²) < 4.78 is 48.5. The van der Waals surface area contributed by atoms with Crippen molar-refractivity contribution < 1.29 is 83.5 Å². The number of ether oxygens (including phenoxy) is 8. The Bertz CT molecular complexity index is 1550. The predicted molar refractivity (Wildman–Crippen MR) is 204 cm³/mol. The molecule has 0 aromatic heterocycles. The molecule has 8 N–H and O–H groups in total. The number of Topliss-reactive ketones (excluding diaryl/α,β-unsaturated/α-hetero) is 1. The molecule has 0 amide bonds. The zero-order valence-electron chi connectivity index (χ0n) is 35.1. The summed E-state index contributed by atoms with van der Waals surface area (Å²) >= 11 is 0. The van der Waals surface area contributed by atoms with E-state index in [0.29, 0.717) is 48.9 Å². The Morgan fingerprint density at radius 3 is 2.07 bits per heavy atom. The Balaban J connectivity index is 0.871. The quantitative estimate of drug-likeness (QED) is 0.153. The van der Waals surface area contributed by atoms with Crippen molar-refractivity contribution in [2.75, 3.05) is 26.4 Å². The van der Waals surface area contributed by atoms with Gasteiger partial charge >= 0.3 is 0 Å². The van der Waals surface area contributed by atoms with Crippen LogP contribution in [0.5, 0.6) is 0 Å². The molecule has 17 heteroatoms. The minimum atomic E-state index is -1.71. The normalized spacial score (nSPS) is 58.0. The molecule has 9 aliphatic rings. The Kier molecular flexibility index (Phi) is 12.1. The van der Waals surface area contributed by atoms with E-state index in [1.54, 1.807) is 0 Å². The van der Waals surface area contributed by atoms with Crippen LogP contribution in [0.25, 0.3) is 0 Å². The summed E-state index contributed by atoms with van der Waals surface area (Å²) in [4.78, 5) is 14.4. The summed E-state index contributed by atoms with van der Waals surface area (Å²) in [7, 11) is 0. The number of hydrogen-bond donors (Lipinski definition) is 8. The van der Waals surface area contributed by atoms with Crippen molar-refractivity contribution in [3.63, 3.8) is 0 Å². The highest BCUT2D eigenvalue weighted by molar-refractivity contribution is 5.83. The smallest absolute Gasteiger partial charge is 0.186 e. The highest BCUT2D eigenvalue weighted by atomic mass is 16.8. The standard InChI is InChI=1S/C43H68O17/c1-18-5-10-43(56-14-18)19(2)30-28(60-43)13-23-21-12-25(44)24-11-20(6-8-41(24,3)22(21)7-9-42(23,30)4)57-40-36(52)33(49)37(59-39-35(51)32(48)27(46)16-54-39)29(58-40)17-55-38-34(50)31(47)26(45)15-53-38/h18-24,26-40,45-52H,5-17H2,1-4H3/t18-,19-,20-,21+,22-,23-,24+,26-,27+,28-,29+,30-,31-,32-,33+,34+,35+,36+,37+,38-,39-,40+,41+,42-,43+/m0/s1. The number of rotatable bonds is 7. The van der Waals surface area contributed by atoms with Gasteiger partial charge in [0.05, 0.1) is 38.6 Å². The molecule has 0 aromatic rings. The molecule has 5 heterocycles. The van der Waals surface area contributed by atoms with Gasteiger partial charge in [-0.3, -0.25) is 4.79 Å². The minimum absolute atomic E-state index is 0.0760. The molecule has 1 spiro atoms. The van der Waals surface area contributed by atoms with Gasteiger partial charge < -0.3 is 78.7 Å². The van der Waals surface area contributed by atoms with Gasteiger partial charge in [-0.15, -0.1) is 0 Å². The summed E-state index contributed by atoms with van der Waals surface area (Å²) in [6.07, 6.45) is -12.5. The maximum absolute atomic E-state index is 14.4. The molecule has 9 rings (SSSR count). The fraction of sp³-hybridized carbons (Fsp3) is 0.977. The molecule has 4 aliphatic carbocycles. The summed E-state index contributed by atoms with van der Waals surface area (Å²) in [5.41, 5.74) is -0.152. The number of aliphatic hydroxyl groups is 8. The van der Waals surface area contributed by atoms with Gasteiger partial charge in [-0.1, -0.05) is 27.7 Å². The molecular formula is C43H68O17. The van der Waals surface area contributed by atoms with Crippen molar-refractivity contribution >= 4 is 5.78 Å². The first-order valence-corrected chi connectivity index (χ1v) is 22.6. The van der Waals surface area contributed by atoms with E-state index in [1.807, 2.05) is 0 Å². The largest absolute Gasteiger partial charge is 0.388 e. The highest BCUT2D eigenvalue weighted by Gasteiger charge is 2.70. The van der Waals surface area contributed by atoms with E-state index in [1.165, 1.54) is 0 Å². The molecule has 60 heavy (non-hydrogen) atoms. The van der Waals surface area contributed by atoms with Crippen LogP contribution in [0.2, 0.25) is 0 Å². The average molecular weight is 857 g/mol. The van der Waals surface area contributed by atoms with Crippen LogP contribution in [0.4, 0.5) is 0 Å². The lowest BCUT2D eigenvalue weighted by Crippen LogP contribution is -2.64. The van der Waals surface area contributed by atoms with E-state index in [9.17, 15) is 45.6 Å². The van der Waals surface area contributed by atoms with E-state index in [4.69, 9.17) is 37.9 Å². The third kappa shape index (κ3) is 7.26. The summed E-state index contributed by atoms with van der Waals surface area (Å²) in [6, 6.07) is 0. The monoisotopic (exact) mass is 856 g/mol. The van der Waals surface area contributed by atoms with Crippen LogP contribution in [0.15, 0.2) is 0 Å². The maximum Gasteiger partial charge on any atom is 0.186 e. The van der Waals surface area contributed by atoms with E-state index >= 15 is 0 Å². The molecule has 0 unspecified atom stereocenters. The van der Waals surface area contributed by atoms with Gasteiger partial charge in [0.2, 0.25) is 0 Å². The minimum Gasteiger partial charge on any atom is -0.388 e. The number of hydrogen-bond acceptors (Lipinski definition) is 17. The van der Waals surface area contributed by atoms with Crippen LogP contribution >= 0.6 is 0 Å². The topological polar surface area (TPSA) is 253 Å². The van der Waals surface area contributed by atoms with E-state index in [0.717, 1.165) is 45.1 Å². The fourth-order valence-corrected chi connectivity index (χ4v) is 13.8. The SMILES string of the molecule is C[C@H]1CC[C@@]2(OC1)O[C@H]1C[C@H]3[C@@H]4CC(=O)[C@H]5C[C@@H](O[C@@H]6O[C@H](CO[C@@H]7OC[C@H](O)[C@H](O)[C@H]7O)[C@@H](O[C@@H]7OC[C@@H](O)[C@H](O)[C@H]7O)[C@H](O)[C@H]6O)CC[C@]5(C)[C@H]4CC[C@]3(C)[C@H]1[C@@H]2C. The van der Waals surface area contributed by atoms with Crippen LogP contribution in [0.1, 0.15) is 85.5 Å². The summed E-state index contributed by atoms with van der Waals surface area (Å²) in [5.74, 6) is 1.79. The van der Waals surface area contributed by atoms with Crippen molar-refractivity contribution in [2.24, 2.45) is 52.3 Å². The lowest BCUT2D eigenvalue weighted by Gasteiger charge is -2.60. The first-order valence-electron chi connectivity index (χ1n) is 22.6. The zero-order chi connectivity index (χ0) is 42.6. The molecule has 0 aromatic carbocycles. The van der Waals surface area contributed by atoms with Crippen molar-refractivity contribution in [1.29, 1.82) is 0 Å². The fourth-order valence-electron chi connectivity index (χ4n) is 13.8. The Morgan fingerprint density at radius 1 is 0.700 bits per heavy atom. The second-order valence-corrected chi connectivity index (χ2v) is 20.6. The summed E-state index contributed by atoms with van der Waals surface area (Å²) in [6.45, 7) is 8.90. The number of fused-ring (bicyclic) bond motifs is 7. The molecule has 0 bridgehead atoms. The number of ketones is 1. The molecule has 17 nitrogen and oxygen atoms in total. The van der Waals surface area contributed by atoms with E-state index < -0.39 is 98.4 Å². The Morgan fingerprint density at radius 2 is 1.37 bits per heavy atom. The lowest BCUT2D eigenvalue weighted by molar-refractivity contribution is -0.361. The van der Waals surface area contributed by atoms with Crippen molar-refractivity contribution in [3.05, 3.63) is 0 Å². The van der Waals surface area contributed by atoms with Gasteiger partial charge in [-0.25, -0.2) is 0 Å². The molecular weight excluding hydrogens is 788 g/mol. The van der Waals surface area contributed by atoms with Gasteiger partial charge in [0.25, 0.3) is 0 Å². The number of carbonyl (C=O) groups excluding carboxylic acids is 1. The van der Waals surface area contributed by atoms with Gasteiger partial charge in [0.15, 0.2) is 24.7 Å². The van der Waals surface area contributed by atoms with Gasteiger partial charge in [-0.2, -0.15) is 0 Å². The Labute approximate surface area is 350 Å². The molecule has 342 valence electrons. The highest BCUT2D eigenvalue weighted by Crippen LogP contribution is 2.71. The molecule has 5 aliphatic heterocycles. The second kappa shape index (κ2) is 16.5. The molecule has 4 saturated carbocycles. The first kappa shape index (κ1) is 44.2. The van der Waals surface area contributed by atoms with Crippen LogP contribution < -0.4 is 0 Å². The molecule has 9 fully saturated rings. The van der Waals surface area contributed by atoms with E-state index in [-0.39, 0.29) is 47.8 Å². The summed E-state index contributed by atoms with van der Waals surface area (Å²) in [5, 5.41) is 84.3. The van der Waals surface area contributed by atoms with Crippen molar-refractivity contribution in [1.82, 2.24) is 0 Å². The van der Waals surface area contributed by atoms with Crippen LogP contribution in [0.3, 0.4) is 0 Å². The van der Waals surface area contributed by atoms with Crippen LogP contribution in [0, 0.1) is 52.3 Å². The van der Waals surface area contributed by atoms with Crippen LogP contribution in [-0.4, -0.2) is 171 Å². The van der Waals surface area contributed by atoms with Gasteiger partial charge in [-0.05, 0) is 85.4 Å². The second-order valence-electron chi connectivity index (χ2n) is 20.6. The first-order chi connectivity index (χ1) is 28.5. The van der Waals surface area contributed by atoms with Crippen molar-refractivity contribution in [2.45, 2.75) is 183 Å². The van der Waals surface area contributed by atoms with Gasteiger partial charge in [0, 0.05) is 24.7 Å². The van der Waals surface area contributed by atoms with Gasteiger partial charge in [0.1, 0.15) is 66.8 Å². The molecule has 0 radical (unpaired) electrons. The number of carbonyl (C=O) groups is 1. The lowest BCUT2D eigenvalue weighted by atomic mass is 9.44. The maximum atomic E-state index is 14.4. The zero-order valence-corrected chi connectivity index (χ0v) is 35.1. The van der Waals surface area contributed by atoms with E-state index in [2.05, 4.69) is 27.7 Å². The third-order valence-corrected chi connectivity index (χ3v) is 17.3. The van der Waals surface area contributed by atoms with Crippen LogP contribution in [-0.2, 0) is 42.7 Å². The Hall–Kier alpha value is -0.970. The average Bonchev–Trinajstić information content (AvgIpc) is 3.67. The predicted octanol–water partition coefficient (Wildman–Crippen LogP) is -0.276. The third-order valence-electron chi connectivity index (χ3n) is 17.3. The molecule has 25 atom stereocenters. The number of aliphatic hydroxyl groups excluding tert-OH is 8.